The number of carboxylic acids is 1. The number of hydrogen-bond acceptors (Lipinski definition) is 2. The summed E-state index contributed by atoms with van der Waals surface area (Å²) in [4.78, 5) is 10.6. The number of hydrogen-bond donors (Lipinski definition) is 2. The van der Waals surface area contributed by atoms with Gasteiger partial charge in [-0.25, -0.2) is 0 Å². The molecule has 0 heterocycles. The van der Waals surface area contributed by atoms with Gasteiger partial charge in [-0.05, 0) is 35.2 Å². The van der Waals surface area contributed by atoms with Crippen molar-refractivity contribution in [2.75, 3.05) is 0 Å². The van der Waals surface area contributed by atoms with E-state index in [9.17, 15) is 4.79 Å². The van der Waals surface area contributed by atoms with Crippen LogP contribution in [-0.2, 0) is 4.79 Å². The SMILES string of the molecule is Cc1ccc(C(N)CCC(=O)O)c2ccccc12. The van der Waals surface area contributed by atoms with E-state index in [0.29, 0.717) is 6.42 Å². The molecule has 0 aliphatic carbocycles. The normalized spacial score (nSPS) is 12.6. The van der Waals surface area contributed by atoms with Gasteiger partial charge in [0.05, 0.1) is 0 Å². The molecular formula is C15H17NO2. The maximum atomic E-state index is 10.6. The van der Waals surface area contributed by atoms with Crippen LogP contribution >= 0.6 is 0 Å². The minimum absolute atomic E-state index is 0.101. The smallest absolute Gasteiger partial charge is 0.303 e. The van der Waals surface area contributed by atoms with Crippen LogP contribution in [0.15, 0.2) is 36.4 Å². The van der Waals surface area contributed by atoms with Gasteiger partial charge in [0.25, 0.3) is 0 Å². The van der Waals surface area contributed by atoms with Crippen LogP contribution in [0.1, 0.15) is 30.0 Å². The van der Waals surface area contributed by atoms with E-state index < -0.39 is 5.97 Å². The molecule has 18 heavy (non-hydrogen) atoms. The monoisotopic (exact) mass is 243 g/mol. The lowest BCUT2D eigenvalue weighted by Crippen LogP contribution is -2.12. The number of rotatable bonds is 4. The Balaban J connectivity index is 2.39. The highest BCUT2D eigenvalue weighted by Crippen LogP contribution is 2.27. The standard InChI is InChI=1S/C15H17NO2/c1-10-6-7-13(14(16)8-9-15(17)18)12-5-3-2-4-11(10)12/h2-7,14H,8-9,16H2,1H3,(H,17,18). The minimum atomic E-state index is -0.804. The summed E-state index contributed by atoms with van der Waals surface area (Å²) in [6.07, 6.45) is 0.561. The molecular weight excluding hydrogens is 226 g/mol. The summed E-state index contributed by atoms with van der Waals surface area (Å²) >= 11 is 0. The van der Waals surface area contributed by atoms with E-state index in [1.165, 1.54) is 10.9 Å². The molecule has 0 saturated heterocycles. The van der Waals surface area contributed by atoms with Gasteiger partial charge in [-0.2, -0.15) is 0 Å². The summed E-state index contributed by atoms with van der Waals surface area (Å²) in [5.41, 5.74) is 8.33. The number of benzene rings is 2. The number of aryl methyl sites for hydroxylation is 1. The summed E-state index contributed by atoms with van der Waals surface area (Å²) in [5.74, 6) is -0.804. The van der Waals surface area contributed by atoms with Gasteiger partial charge < -0.3 is 10.8 Å². The molecule has 0 saturated carbocycles. The van der Waals surface area contributed by atoms with Crippen molar-refractivity contribution in [1.29, 1.82) is 0 Å². The molecule has 0 aromatic heterocycles. The van der Waals surface area contributed by atoms with E-state index in [-0.39, 0.29) is 12.5 Å². The number of carbonyl (C=O) groups is 1. The lowest BCUT2D eigenvalue weighted by molar-refractivity contribution is -0.137. The van der Waals surface area contributed by atoms with Gasteiger partial charge in [0.1, 0.15) is 0 Å². The molecule has 2 aromatic rings. The number of aliphatic carboxylic acids is 1. The molecule has 3 nitrogen and oxygen atoms in total. The zero-order valence-electron chi connectivity index (χ0n) is 10.4. The Morgan fingerprint density at radius 3 is 2.56 bits per heavy atom. The summed E-state index contributed by atoms with van der Waals surface area (Å²) in [6.45, 7) is 2.06. The van der Waals surface area contributed by atoms with Crippen molar-refractivity contribution in [3.05, 3.63) is 47.5 Å². The van der Waals surface area contributed by atoms with Crippen molar-refractivity contribution < 1.29 is 9.90 Å². The zero-order chi connectivity index (χ0) is 13.1. The lowest BCUT2D eigenvalue weighted by Gasteiger charge is -2.15. The highest BCUT2D eigenvalue weighted by Gasteiger charge is 2.12. The van der Waals surface area contributed by atoms with E-state index in [1.54, 1.807) is 0 Å². The lowest BCUT2D eigenvalue weighted by atomic mass is 9.94. The Morgan fingerprint density at radius 1 is 1.22 bits per heavy atom. The topological polar surface area (TPSA) is 63.3 Å². The van der Waals surface area contributed by atoms with Gasteiger partial charge in [-0.3, -0.25) is 4.79 Å². The van der Waals surface area contributed by atoms with Gasteiger partial charge >= 0.3 is 5.97 Å². The second kappa shape index (κ2) is 5.19. The highest BCUT2D eigenvalue weighted by molar-refractivity contribution is 5.88. The first kappa shape index (κ1) is 12.6. The van der Waals surface area contributed by atoms with Crippen molar-refractivity contribution in [3.8, 4) is 0 Å². The largest absolute Gasteiger partial charge is 0.481 e. The minimum Gasteiger partial charge on any atom is -0.481 e. The van der Waals surface area contributed by atoms with E-state index in [2.05, 4.69) is 13.0 Å². The Kier molecular flexibility index (Phi) is 3.63. The molecule has 3 heteroatoms. The van der Waals surface area contributed by atoms with Crippen LogP contribution in [0.5, 0.6) is 0 Å². The van der Waals surface area contributed by atoms with E-state index in [0.717, 1.165) is 10.9 Å². The van der Waals surface area contributed by atoms with Crippen LogP contribution in [-0.4, -0.2) is 11.1 Å². The third-order valence-electron chi connectivity index (χ3n) is 3.24. The molecule has 2 aromatic carbocycles. The average molecular weight is 243 g/mol. The Morgan fingerprint density at radius 2 is 1.89 bits per heavy atom. The fourth-order valence-corrected chi connectivity index (χ4v) is 2.23. The molecule has 0 radical (unpaired) electrons. The Labute approximate surface area is 106 Å². The van der Waals surface area contributed by atoms with Gasteiger partial charge in [-0.15, -0.1) is 0 Å². The van der Waals surface area contributed by atoms with Gasteiger partial charge in [0, 0.05) is 12.5 Å². The van der Waals surface area contributed by atoms with Gasteiger partial charge in [-0.1, -0.05) is 36.4 Å². The molecule has 0 amide bonds. The van der Waals surface area contributed by atoms with Crippen LogP contribution in [0, 0.1) is 6.92 Å². The number of nitrogens with two attached hydrogens (primary N) is 1. The highest BCUT2D eigenvalue weighted by atomic mass is 16.4. The second-order valence-corrected chi connectivity index (χ2v) is 4.56. The first-order chi connectivity index (χ1) is 8.59. The molecule has 1 atom stereocenters. The van der Waals surface area contributed by atoms with Crippen molar-refractivity contribution in [2.45, 2.75) is 25.8 Å². The zero-order valence-corrected chi connectivity index (χ0v) is 10.4. The molecule has 0 spiro atoms. The van der Waals surface area contributed by atoms with Crippen molar-refractivity contribution >= 4 is 16.7 Å². The Bertz CT molecular complexity index is 578. The van der Waals surface area contributed by atoms with Gasteiger partial charge in [0.15, 0.2) is 0 Å². The van der Waals surface area contributed by atoms with Crippen molar-refractivity contribution in [2.24, 2.45) is 5.73 Å². The number of fused-ring (bicyclic) bond motifs is 1. The predicted molar refractivity (Wildman–Crippen MR) is 72.5 cm³/mol. The van der Waals surface area contributed by atoms with E-state index in [1.807, 2.05) is 30.3 Å². The summed E-state index contributed by atoms with van der Waals surface area (Å²) in [6, 6.07) is 11.9. The number of carboxylic acid groups (broad SMARTS) is 1. The quantitative estimate of drug-likeness (QED) is 0.867. The first-order valence-corrected chi connectivity index (χ1v) is 6.05. The molecule has 3 N–H and O–H groups in total. The van der Waals surface area contributed by atoms with Crippen molar-refractivity contribution in [3.63, 3.8) is 0 Å². The Hall–Kier alpha value is -1.87. The first-order valence-electron chi connectivity index (χ1n) is 6.05. The van der Waals surface area contributed by atoms with Crippen LogP contribution in [0.3, 0.4) is 0 Å². The molecule has 0 aliphatic rings. The van der Waals surface area contributed by atoms with Crippen LogP contribution in [0.4, 0.5) is 0 Å². The second-order valence-electron chi connectivity index (χ2n) is 4.56. The third-order valence-corrected chi connectivity index (χ3v) is 3.24. The molecule has 0 fully saturated rings. The maximum Gasteiger partial charge on any atom is 0.303 e. The molecule has 94 valence electrons. The van der Waals surface area contributed by atoms with Crippen molar-refractivity contribution in [1.82, 2.24) is 0 Å². The average Bonchev–Trinajstić information content (AvgIpc) is 2.37. The third kappa shape index (κ3) is 2.51. The van der Waals surface area contributed by atoms with Crippen LogP contribution in [0.2, 0.25) is 0 Å². The van der Waals surface area contributed by atoms with Gasteiger partial charge in [0.2, 0.25) is 0 Å². The fourth-order valence-electron chi connectivity index (χ4n) is 2.23. The summed E-state index contributed by atoms with van der Waals surface area (Å²) < 4.78 is 0. The van der Waals surface area contributed by atoms with E-state index >= 15 is 0 Å². The summed E-state index contributed by atoms with van der Waals surface area (Å²) in [7, 11) is 0. The van der Waals surface area contributed by atoms with Crippen LogP contribution in [0.25, 0.3) is 10.8 Å². The molecule has 0 aliphatic heterocycles. The predicted octanol–water partition coefficient (Wildman–Crippen LogP) is 3.01. The molecule has 2 rings (SSSR count). The van der Waals surface area contributed by atoms with E-state index in [4.69, 9.17) is 10.8 Å². The summed E-state index contributed by atoms with van der Waals surface area (Å²) in [5, 5.41) is 11.0. The maximum absolute atomic E-state index is 10.6. The molecule has 1 unspecified atom stereocenters. The molecule has 0 bridgehead atoms. The fraction of sp³-hybridized carbons (Fsp3) is 0.267. The van der Waals surface area contributed by atoms with Crippen LogP contribution < -0.4 is 5.73 Å².